The highest BCUT2D eigenvalue weighted by Gasteiger charge is 2.04. The molecule has 1 aromatic carbocycles. The smallest absolute Gasteiger partial charge is 0.213 e. The number of hydrogen-bond donors (Lipinski definition) is 1. The van der Waals surface area contributed by atoms with Crippen LogP contribution in [0.1, 0.15) is 5.56 Å². The molecule has 2 heterocycles. The molecule has 6 heteroatoms. The van der Waals surface area contributed by atoms with Crippen LogP contribution in [0.25, 0.3) is 10.9 Å². The maximum absolute atomic E-state index is 5.98. The van der Waals surface area contributed by atoms with Gasteiger partial charge in [0, 0.05) is 29.2 Å². The summed E-state index contributed by atoms with van der Waals surface area (Å²) in [6.07, 6.45) is 3.24. The van der Waals surface area contributed by atoms with E-state index in [2.05, 4.69) is 20.3 Å². The van der Waals surface area contributed by atoms with Gasteiger partial charge in [-0.15, -0.1) is 0 Å². The number of nitrogens with zero attached hydrogens (tertiary/aromatic N) is 3. The molecule has 0 atom stereocenters. The Morgan fingerprint density at radius 2 is 2.05 bits per heavy atom. The molecule has 1 N–H and O–H groups in total. The van der Waals surface area contributed by atoms with E-state index >= 15 is 0 Å². The highest BCUT2D eigenvalue weighted by molar-refractivity contribution is 6.31. The summed E-state index contributed by atoms with van der Waals surface area (Å²) in [6.45, 7) is 0.619. The van der Waals surface area contributed by atoms with E-state index in [-0.39, 0.29) is 0 Å². The van der Waals surface area contributed by atoms with Crippen LogP contribution in [-0.4, -0.2) is 22.1 Å². The van der Waals surface area contributed by atoms with Crippen LogP contribution in [0.5, 0.6) is 5.88 Å². The summed E-state index contributed by atoms with van der Waals surface area (Å²) in [4.78, 5) is 12.6. The number of fused-ring (bicyclic) bond motifs is 1. The Kier molecular flexibility index (Phi) is 3.83. The number of anilines is 1. The van der Waals surface area contributed by atoms with E-state index in [0.717, 1.165) is 22.3 Å². The first-order chi connectivity index (χ1) is 10.3. The Balaban J connectivity index is 1.84. The van der Waals surface area contributed by atoms with Crippen molar-refractivity contribution >= 4 is 28.3 Å². The van der Waals surface area contributed by atoms with Crippen molar-refractivity contribution in [2.75, 3.05) is 12.4 Å². The third kappa shape index (κ3) is 3.03. The lowest BCUT2D eigenvalue weighted by atomic mass is 10.2. The second-order valence-electron chi connectivity index (χ2n) is 4.44. The number of rotatable bonds is 4. The van der Waals surface area contributed by atoms with Gasteiger partial charge in [0.1, 0.15) is 12.1 Å². The lowest BCUT2D eigenvalue weighted by Gasteiger charge is -2.09. The molecule has 3 rings (SSSR count). The summed E-state index contributed by atoms with van der Waals surface area (Å²) < 4.78 is 5.11. The van der Waals surface area contributed by atoms with Gasteiger partial charge in [0.2, 0.25) is 5.88 Å². The number of benzene rings is 1. The normalized spacial score (nSPS) is 10.6. The molecule has 0 saturated carbocycles. The van der Waals surface area contributed by atoms with Gasteiger partial charge in [-0.3, -0.25) is 0 Å². The molecular formula is C15H13ClN4O. The Bertz CT molecular complexity index is 778. The van der Waals surface area contributed by atoms with E-state index in [1.54, 1.807) is 13.3 Å². The van der Waals surface area contributed by atoms with E-state index in [9.17, 15) is 0 Å². The van der Waals surface area contributed by atoms with Gasteiger partial charge in [0.15, 0.2) is 0 Å². The third-order valence-electron chi connectivity index (χ3n) is 3.07. The van der Waals surface area contributed by atoms with Gasteiger partial charge in [-0.2, -0.15) is 0 Å². The van der Waals surface area contributed by atoms with E-state index in [0.29, 0.717) is 17.4 Å². The summed E-state index contributed by atoms with van der Waals surface area (Å²) in [5, 5.41) is 4.89. The van der Waals surface area contributed by atoms with Crippen molar-refractivity contribution in [2.24, 2.45) is 0 Å². The molecule has 0 bridgehead atoms. The number of pyridine rings is 1. The average Bonchev–Trinajstić information content (AvgIpc) is 2.52. The quantitative estimate of drug-likeness (QED) is 0.801. The Hall–Kier alpha value is -2.40. The molecule has 0 amide bonds. The second kappa shape index (κ2) is 5.93. The van der Waals surface area contributed by atoms with E-state index in [1.807, 2.05) is 30.3 Å². The topological polar surface area (TPSA) is 59.9 Å². The molecule has 0 saturated heterocycles. The maximum Gasteiger partial charge on any atom is 0.213 e. The van der Waals surface area contributed by atoms with Gasteiger partial charge in [-0.1, -0.05) is 11.6 Å². The Morgan fingerprint density at radius 3 is 2.90 bits per heavy atom. The molecule has 0 aliphatic heterocycles. The molecule has 106 valence electrons. The van der Waals surface area contributed by atoms with Crippen LogP contribution in [-0.2, 0) is 6.54 Å². The van der Waals surface area contributed by atoms with E-state index in [1.165, 1.54) is 6.33 Å². The maximum atomic E-state index is 5.98. The number of hydrogen-bond acceptors (Lipinski definition) is 5. The van der Waals surface area contributed by atoms with Crippen molar-refractivity contribution in [2.45, 2.75) is 6.54 Å². The largest absolute Gasteiger partial charge is 0.481 e. The summed E-state index contributed by atoms with van der Waals surface area (Å²) in [5.41, 5.74) is 1.87. The molecule has 0 aliphatic carbocycles. The molecule has 0 aliphatic rings. The van der Waals surface area contributed by atoms with Crippen LogP contribution in [0.2, 0.25) is 5.02 Å². The first-order valence-corrected chi connectivity index (χ1v) is 6.77. The summed E-state index contributed by atoms with van der Waals surface area (Å²) in [7, 11) is 1.60. The molecule has 0 spiro atoms. The van der Waals surface area contributed by atoms with Crippen molar-refractivity contribution in [3.05, 3.63) is 53.4 Å². The van der Waals surface area contributed by atoms with Crippen molar-refractivity contribution in [3.8, 4) is 5.88 Å². The highest BCUT2D eigenvalue weighted by atomic mass is 35.5. The van der Waals surface area contributed by atoms with Gasteiger partial charge in [0.05, 0.1) is 12.6 Å². The molecule has 21 heavy (non-hydrogen) atoms. The molecular weight excluding hydrogens is 288 g/mol. The van der Waals surface area contributed by atoms with Gasteiger partial charge in [-0.05, 0) is 29.8 Å². The summed E-state index contributed by atoms with van der Waals surface area (Å²) >= 11 is 5.98. The van der Waals surface area contributed by atoms with Crippen LogP contribution in [0.15, 0.2) is 42.9 Å². The Morgan fingerprint density at radius 1 is 1.14 bits per heavy atom. The predicted octanol–water partition coefficient (Wildman–Crippen LogP) is 3.30. The zero-order chi connectivity index (χ0) is 14.7. The zero-order valence-electron chi connectivity index (χ0n) is 11.4. The number of aromatic nitrogens is 3. The average molecular weight is 301 g/mol. The molecule has 0 radical (unpaired) electrons. The van der Waals surface area contributed by atoms with Gasteiger partial charge in [-0.25, -0.2) is 15.0 Å². The van der Waals surface area contributed by atoms with Crippen molar-refractivity contribution in [3.63, 3.8) is 0 Å². The minimum atomic E-state index is 0.591. The van der Waals surface area contributed by atoms with Crippen LogP contribution in [0, 0.1) is 0 Å². The highest BCUT2D eigenvalue weighted by Crippen LogP contribution is 2.23. The fraction of sp³-hybridized carbons (Fsp3) is 0.133. The Labute approximate surface area is 127 Å². The fourth-order valence-electron chi connectivity index (χ4n) is 2.03. The molecule has 2 aromatic heterocycles. The van der Waals surface area contributed by atoms with E-state index in [4.69, 9.17) is 16.3 Å². The molecule has 0 unspecified atom stereocenters. The molecule has 3 aromatic rings. The van der Waals surface area contributed by atoms with E-state index < -0.39 is 0 Å². The fourth-order valence-corrected chi connectivity index (χ4v) is 2.20. The van der Waals surface area contributed by atoms with Gasteiger partial charge >= 0.3 is 0 Å². The third-order valence-corrected chi connectivity index (χ3v) is 3.30. The second-order valence-corrected chi connectivity index (χ2v) is 4.88. The van der Waals surface area contributed by atoms with Crippen molar-refractivity contribution < 1.29 is 4.74 Å². The minimum Gasteiger partial charge on any atom is -0.481 e. The zero-order valence-corrected chi connectivity index (χ0v) is 12.1. The molecule has 0 fully saturated rings. The van der Waals surface area contributed by atoms with Crippen LogP contribution in [0.4, 0.5) is 5.82 Å². The van der Waals surface area contributed by atoms with Crippen molar-refractivity contribution in [1.29, 1.82) is 0 Å². The predicted molar refractivity (Wildman–Crippen MR) is 82.7 cm³/mol. The minimum absolute atomic E-state index is 0.591. The number of halogens is 1. The van der Waals surface area contributed by atoms with Crippen LogP contribution < -0.4 is 10.1 Å². The monoisotopic (exact) mass is 300 g/mol. The van der Waals surface area contributed by atoms with Crippen LogP contribution in [0.3, 0.4) is 0 Å². The first kappa shape index (κ1) is 13.6. The summed E-state index contributed by atoms with van der Waals surface area (Å²) in [6, 6.07) is 9.36. The number of nitrogens with one attached hydrogen (secondary N) is 1. The SMILES string of the molecule is COc1cc(CNc2ncnc3cc(Cl)ccc23)ccn1. The molecule has 5 nitrogen and oxygen atoms in total. The number of methoxy groups -OCH3 is 1. The van der Waals surface area contributed by atoms with Gasteiger partial charge < -0.3 is 10.1 Å². The first-order valence-electron chi connectivity index (χ1n) is 6.39. The lowest BCUT2D eigenvalue weighted by molar-refractivity contribution is 0.397. The standard InChI is InChI=1S/C15H13ClN4O/c1-21-14-6-10(4-5-17-14)8-18-15-12-3-2-11(16)7-13(12)19-9-20-15/h2-7,9H,8H2,1H3,(H,18,19,20). The number of ether oxygens (including phenoxy) is 1. The van der Waals surface area contributed by atoms with Crippen molar-refractivity contribution in [1.82, 2.24) is 15.0 Å². The van der Waals surface area contributed by atoms with Crippen LogP contribution >= 0.6 is 11.6 Å². The van der Waals surface area contributed by atoms with Gasteiger partial charge in [0.25, 0.3) is 0 Å². The lowest BCUT2D eigenvalue weighted by Crippen LogP contribution is -2.03. The summed E-state index contributed by atoms with van der Waals surface area (Å²) in [5.74, 6) is 1.36.